The molecule has 0 saturated heterocycles. The molecule has 6 aromatic rings. The standard InChI is InChI=1S/C31H19BrClN3O5/c32-21-6-9-25(38-16-18-5-8-27-28(11-18)40-17-39-27)20(12-21)15-34-36-30(35-24-4-2-1-3-23(24)31(36)37)29-14-19-13-22(33)7-10-26(19)41-29/h1-15H,16-17H2. The highest BCUT2D eigenvalue weighted by Crippen LogP contribution is 2.33. The summed E-state index contributed by atoms with van der Waals surface area (Å²) in [6.07, 6.45) is 1.57. The van der Waals surface area contributed by atoms with Crippen molar-refractivity contribution in [3.8, 4) is 28.8 Å². The number of hydrogen-bond acceptors (Lipinski definition) is 7. The molecule has 0 amide bonds. The van der Waals surface area contributed by atoms with Crippen molar-refractivity contribution < 1.29 is 18.6 Å². The maximum Gasteiger partial charge on any atom is 0.282 e. The average Bonchev–Trinajstić information content (AvgIpc) is 3.62. The van der Waals surface area contributed by atoms with Crippen molar-refractivity contribution in [2.45, 2.75) is 6.61 Å². The number of para-hydroxylation sites is 1. The number of furan rings is 1. The SMILES string of the molecule is O=c1c2ccccc2nc(-c2cc3cc(Cl)ccc3o2)n1N=Cc1cc(Br)ccc1OCc1ccc2c(c1)OCO2. The van der Waals surface area contributed by atoms with Crippen LogP contribution < -0.4 is 19.8 Å². The Bertz CT molecular complexity index is 2050. The summed E-state index contributed by atoms with van der Waals surface area (Å²) in [7, 11) is 0. The lowest BCUT2D eigenvalue weighted by Gasteiger charge is -2.11. The van der Waals surface area contributed by atoms with Crippen LogP contribution in [0.2, 0.25) is 5.02 Å². The smallest absolute Gasteiger partial charge is 0.282 e. The molecule has 0 bridgehead atoms. The van der Waals surface area contributed by atoms with Crippen LogP contribution in [0, 0.1) is 0 Å². The average molecular weight is 629 g/mol. The minimum absolute atomic E-state index is 0.208. The largest absolute Gasteiger partial charge is 0.488 e. The fourth-order valence-corrected chi connectivity index (χ4v) is 5.14. The van der Waals surface area contributed by atoms with Gasteiger partial charge in [0.2, 0.25) is 12.6 Å². The highest BCUT2D eigenvalue weighted by atomic mass is 79.9. The van der Waals surface area contributed by atoms with Gasteiger partial charge in [-0.05, 0) is 72.3 Å². The summed E-state index contributed by atoms with van der Waals surface area (Å²) < 4.78 is 25.1. The highest BCUT2D eigenvalue weighted by molar-refractivity contribution is 9.10. The van der Waals surface area contributed by atoms with Crippen molar-refractivity contribution in [3.05, 3.63) is 116 Å². The Morgan fingerprint density at radius 1 is 1.00 bits per heavy atom. The van der Waals surface area contributed by atoms with Crippen LogP contribution in [0.5, 0.6) is 17.2 Å². The van der Waals surface area contributed by atoms with Gasteiger partial charge in [0.25, 0.3) is 5.56 Å². The van der Waals surface area contributed by atoms with Crippen LogP contribution in [-0.2, 0) is 6.61 Å². The van der Waals surface area contributed by atoms with E-state index >= 15 is 0 Å². The Kier molecular flexibility index (Phi) is 6.45. The van der Waals surface area contributed by atoms with Crippen LogP contribution in [0.4, 0.5) is 0 Å². The molecule has 3 heterocycles. The molecule has 1 aliphatic heterocycles. The third-order valence-corrected chi connectivity index (χ3v) is 7.30. The monoisotopic (exact) mass is 627 g/mol. The minimum Gasteiger partial charge on any atom is -0.488 e. The van der Waals surface area contributed by atoms with E-state index in [9.17, 15) is 4.79 Å². The predicted octanol–water partition coefficient (Wildman–Crippen LogP) is 7.42. The van der Waals surface area contributed by atoms with Crippen LogP contribution in [-0.4, -0.2) is 22.7 Å². The van der Waals surface area contributed by atoms with Gasteiger partial charge in [-0.3, -0.25) is 4.79 Å². The third-order valence-electron chi connectivity index (χ3n) is 6.57. The molecule has 41 heavy (non-hydrogen) atoms. The Morgan fingerprint density at radius 3 is 2.80 bits per heavy atom. The zero-order valence-corrected chi connectivity index (χ0v) is 23.6. The molecule has 0 unspecified atom stereocenters. The van der Waals surface area contributed by atoms with Crippen molar-refractivity contribution >= 4 is 55.6 Å². The van der Waals surface area contributed by atoms with Gasteiger partial charge in [0, 0.05) is 20.4 Å². The van der Waals surface area contributed by atoms with Gasteiger partial charge in [-0.1, -0.05) is 45.7 Å². The van der Waals surface area contributed by atoms with E-state index in [1.807, 2.05) is 42.5 Å². The highest BCUT2D eigenvalue weighted by Gasteiger charge is 2.17. The van der Waals surface area contributed by atoms with Gasteiger partial charge in [0.1, 0.15) is 17.9 Å². The number of fused-ring (bicyclic) bond motifs is 3. The lowest BCUT2D eigenvalue weighted by Crippen LogP contribution is -2.20. The lowest BCUT2D eigenvalue weighted by atomic mass is 10.2. The summed E-state index contributed by atoms with van der Waals surface area (Å²) in [5.41, 5.74) is 2.39. The van der Waals surface area contributed by atoms with Gasteiger partial charge < -0.3 is 18.6 Å². The second kappa shape index (κ2) is 10.4. The molecule has 0 spiro atoms. The van der Waals surface area contributed by atoms with Gasteiger partial charge in [0.15, 0.2) is 17.3 Å². The molecule has 202 valence electrons. The van der Waals surface area contributed by atoms with Crippen LogP contribution in [0.1, 0.15) is 11.1 Å². The van der Waals surface area contributed by atoms with E-state index in [4.69, 9.17) is 35.2 Å². The van der Waals surface area contributed by atoms with Crippen molar-refractivity contribution in [3.63, 3.8) is 0 Å². The molecule has 10 heteroatoms. The molecule has 2 aromatic heterocycles. The normalized spacial score (nSPS) is 12.5. The van der Waals surface area contributed by atoms with Gasteiger partial charge in [-0.25, -0.2) is 4.98 Å². The van der Waals surface area contributed by atoms with Crippen LogP contribution in [0.3, 0.4) is 0 Å². The maximum atomic E-state index is 13.7. The van der Waals surface area contributed by atoms with Crippen molar-refractivity contribution in [1.29, 1.82) is 0 Å². The van der Waals surface area contributed by atoms with Crippen LogP contribution in [0.15, 0.2) is 104 Å². The molecule has 7 rings (SSSR count). The first-order valence-electron chi connectivity index (χ1n) is 12.6. The Morgan fingerprint density at radius 2 is 1.88 bits per heavy atom. The number of nitrogens with zero attached hydrogens (tertiary/aromatic N) is 3. The zero-order valence-electron chi connectivity index (χ0n) is 21.2. The van der Waals surface area contributed by atoms with E-state index in [1.54, 1.807) is 48.7 Å². The molecule has 0 radical (unpaired) electrons. The molecular formula is C31H19BrClN3O5. The molecule has 0 saturated carbocycles. The summed E-state index contributed by atoms with van der Waals surface area (Å²) >= 11 is 9.70. The zero-order chi connectivity index (χ0) is 27.9. The molecule has 4 aromatic carbocycles. The Hall–Kier alpha value is -4.60. The Labute approximate surface area is 246 Å². The number of aromatic nitrogens is 2. The van der Waals surface area contributed by atoms with Gasteiger partial charge in [-0.2, -0.15) is 9.78 Å². The summed E-state index contributed by atoms with van der Waals surface area (Å²) in [5, 5.41) is 6.39. The Balaban J connectivity index is 1.28. The predicted molar refractivity (Wildman–Crippen MR) is 160 cm³/mol. The van der Waals surface area contributed by atoms with E-state index in [2.05, 4.69) is 21.0 Å². The van der Waals surface area contributed by atoms with E-state index in [0.29, 0.717) is 56.7 Å². The fourth-order valence-electron chi connectivity index (χ4n) is 4.58. The van der Waals surface area contributed by atoms with Crippen molar-refractivity contribution in [1.82, 2.24) is 9.66 Å². The van der Waals surface area contributed by atoms with Crippen molar-refractivity contribution in [2.24, 2.45) is 5.10 Å². The molecule has 8 nitrogen and oxygen atoms in total. The second-order valence-corrected chi connectivity index (χ2v) is 10.6. The maximum absolute atomic E-state index is 13.7. The van der Waals surface area contributed by atoms with E-state index in [-0.39, 0.29) is 18.2 Å². The molecule has 0 fully saturated rings. The van der Waals surface area contributed by atoms with Gasteiger partial charge >= 0.3 is 0 Å². The molecular weight excluding hydrogens is 610 g/mol. The van der Waals surface area contributed by atoms with Gasteiger partial charge in [0.05, 0.1) is 17.1 Å². The quantitative estimate of drug-likeness (QED) is 0.179. The molecule has 0 N–H and O–H groups in total. The summed E-state index contributed by atoms with van der Waals surface area (Å²) in [6, 6.07) is 25.5. The van der Waals surface area contributed by atoms with Gasteiger partial charge in [-0.15, -0.1) is 0 Å². The fraction of sp³-hybridized carbons (Fsp3) is 0.0645. The van der Waals surface area contributed by atoms with E-state index in [0.717, 1.165) is 15.4 Å². The lowest BCUT2D eigenvalue weighted by molar-refractivity contribution is 0.174. The molecule has 0 aliphatic carbocycles. The number of ether oxygens (including phenoxy) is 3. The van der Waals surface area contributed by atoms with Crippen LogP contribution >= 0.6 is 27.5 Å². The summed E-state index contributed by atoms with van der Waals surface area (Å²) in [4.78, 5) is 18.4. The first-order chi connectivity index (χ1) is 20.0. The number of halogens is 2. The summed E-state index contributed by atoms with van der Waals surface area (Å²) in [6.45, 7) is 0.503. The first-order valence-corrected chi connectivity index (χ1v) is 13.8. The number of rotatable bonds is 6. The minimum atomic E-state index is -0.335. The second-order valence-electron chi connectivity index (χ2n) is 9.27. The van der Waals surface area contributed by atoms with E-state index in [1.165, 1.54) is 4.68 Å². The number of benzene rings is 4. The summed E-state index contributed by atoms with van der Waals surface area (Å²) in [5.74, 6) is 2.62. The third kappa shape index (κ3) is 4.94. The number of hydrogen-bond donors (Lipinski definition) is 0. The van der Waals surface area contributed by atoms with E-state index < -0.39 is 0 Å². The first kappa shape index (κ1) is 25.4. The van der Waals surface area contributed by atoms with Crippen LogP contribution in [0.25, 0.3) is 33.5 Å². The van der Waals surface area contributed by atoms with Crippen molar-refractivity contribution in [2.75, 3.05) is 6.79 Å². The molecule has 0 atom stereocenters. The topological polar surface area (TPSA) is 88.1 Å². The molecule has 1 aliphatic rings.